The molecule has 3 aliphatic carbocycles. The largest absolute Gasteiger partial charge is 0.507 e. The van der Waals surface area contributed by atoms with E-state index in [0.29, 0.717) is 41.0 Å². The summed E-state index contributed by atoms with van der Waals surface area (Å²) in [6.45, 7) is 1.79. The van der Waals surface area contributed by atoms with Gasteiger partial charge in [0.05, 0.1) is 11.3 Å². The Hall–Kier alpha value is -3.88. The number of amides is 1. The molecule has 1 unspecified atom stereocenters. The normalized spacial score (nSPS) is 27.9. The van der Waals surface area contributed by atoms with Crippen molar-refractivity contribution < 1.29 is 33.9 Å². The highest BCUT2D eigenvalue weighted by Crippen LogP contribution is 2.64. The molecule has 0 bridgehead atoms. The van der Waals surface area contributed by atoms with E-state index in [4.69, 9.17) is 15.0 Å². The van der Waals surface area contributed by atoms with Crippen LogP contribution in [0.1, 0.15) is 34.5 Å². The van der Waals surface area contributed by atoms with Gasteiger partial charge in [0.25, 0.3) is 5.91 Å². The molecule has 6 rings (SSSR count). The third kappa shape index (κ3) is 2.17. The number of aliphatic hydroxyl groups is 1. The molecule has 1 spiro atoms. The van der Waals surface area contributed by atoms with Crippen LogP contribution in [0.2, 0.25) is 0 Å². The first-order chi connectivity index (χ1) is 15.2. The summed E-state index contributed by atoms with van der Waals surface area (Å²) >= 11 is 0. The molecular weight excluding hydrogens is 416 g/mol. The van der Waals surface area contributed by atoms with E-state index in [9.17, 15) is 24.6 Å². The number of ether oxygens (including phenoxy) is 1. The predicted molar refractivity (Wildman–Crippen MR) is 107 cm³/mol. The Balaban J connectivity index is 1.53. The zero-order valence-corrected chi connectivity index (χ0v) is 17.0. The van der Waals surface area contributed by atoms with Gasteiger partial charge in [-0.25, -0.2) is 0 Å². The van der Waals surface area contributed by atoms with Crippen LogP contribution in [-0.2, 0) is 20.7 Å². The van der Waals surface area contributed by atoms with Crippen molar-refractivity contribution in [2.75, 3.05) is 0 Å². The van der Waals surface area contributed by atoms with Gasteiger partial charge in [0, 0.05) is 29.5 Å². The number of hydrogen-bond donors (Lipinski definition) is 3. The summed E-state index contributed by atoms with van der Waals surface area (Å²) in [5, 5.41) is 25.2. The highest BCUT2D eigenvalue weighted by molar-refractivity contribution is 6.21. The topological polar surface area (TPSA) is 156 Å². The van der Waals surface area contributed by atoms with Gasteiger partial charge in [-0.15, -0.1) is 0 Å². The summed E-state index contributed by atoms with van der Waals surface area (Å²) in [6, 6.07) is 4.89. The molecule has 4 N–H and O–H groups in total. The maximum absolute atomic E-state index is 13.6. The van der Waals surface area contributed by atoms with Crippen molar-refractivity contribution in [2.24, 2.45) is 17.6 Å². The monoisotopic (exact) mass is 434 g/mol. The summed E-state index contributed by atoms with van der Waals surface area (Å²) in [6.07, 6.45) is 0.807. The van der Waals surface area contributed by atoms with Crippen LogP contribution in [-0.4, -0.2) is 38.4 Å². The van der Waals surface area contributed by atoms with Crippen LogP contribution < -0.4 is 5.73 Å². The van der Waals surface area contributed by atoms with Crippen LogP contribution >= 0.6 is 0 Å². The molecule has 2 aromatic rings. The molecule has 9 nitrogen and oxygen atoms in total. The van der Waals surface area contributed by atoms with Crippen LogP contribution in [0, 0.1) is 18.8 Å². The second-order valence-corrected chi connectivity index (χ2v) is 8.78. The van der Waals surface area contributed by atoms with E-state index in [0.717, 1.165) is 0 Å². The Morgan fingerprint density at radius 1 is 1.25 bits per heavy atom. The van der Waals surface area contributed by atoms with Crippen LogP contribution in [0.25, 0.3) is 11.3 Å². The summed E-state index contributed by atoms with van der Waals surface area (Å²) in [4.78, 5) is 37.8. The summed E-state index contributed by atoms with van der Waals surface area (Å²) in [5.74, 6) is -2.55. The standard InChI is InChI=1S/C23H18N2O7/c1-8-4-15(32-25-8)11-2-3-13(26)17-12(11)6-9-5-10-7-14(27)18(22(24)30)20(29)23(10)21(31-23)16(9)19(17)28/h2-4,9-10,26,29H,5-7H2,1H3,(H2,24,30)/t9?,10-,23+/m0/s1. The van der Waals surface area contributed by atoms with E-state index in [-0.39, 0.29) is 29.4 Å². The van der Waals surface area contributed by atoms with Crippen LogP contribution in [0.5, 0.6) is 5.75 Å². The fourth-order valence-corrected chi connectivity index (χ4v) is 5.62. The van der Waals surface area contributed by atoms with Gasteiger partial charge in [0.1, 0.15) is 11.3 Å². The van der Waals surface area contributed by atoms with E-state index >= 15 is 0 Å². The number of benzene rings is 1. The quantitative estimate of drug-likeness (QED) is 0.479. The molecule has 162 valence electrons. The molecular formula is C23H18N2O7. The number of primary amides is 1. The van der Waals surface area contributed by atoms with Gasteiger partial charge in [-0.05, 0) is 43.4 Å². The number of aromatic hydroxyl groups is 1. The van der Waals surface area contributed by atoms with E-state index in [1.165, 1.54) is 6.07 Å². The number of aliphatic hydroxyl groups excluding tert-OH is 1. The first-order valence-corrected chi connectivity index (χ1v) is 10.3. The van der Waals surface area contributed by atoms with Gasteiger partial charge < -0.3 is 25.2 Å². The Morgan fingerprint density at radius 3 is 2.72 bits per heavy atom. The summed E-state index contributed by atoms with van der Waals surface area (Å²) < 4.78 is 11.2. The summed E-state index contributed by atoms with van der Waals surface area (Å²) in [5.41, 5.74) is 6.00. The number of Topliss-reactive ketones (excluding diaryl/α,β-unsaturated/α-hetero) is 2. The summed E-state index contributed by atoms with van der Waals surface area (Å²) in [7, 11) is 0. The number of carbonyl (C=O) groups excluding carboxylic acids is 3. The maximum atomic E-state index is 13.6. The molecule has 9 heteroatoms. The Labute approximate surface area is 181 Å². The number of carbonyl (C=O) groups is 3. The van der Waals surface area contributed by atoms with Gasteiger partial charge in [-0.3, -0.25) is 14.4 Å². The number of aryl methyl sites for hydroxylation is 1. The predicted octanol–water partition coefficient (Wildman–Crippen LogP) is 2.02. The van der Waals surface area contributed by atoms with Gasteiger partial charge in [-0.1, -0.05) is 5.16 Å². The lowest BCUT2D eigenvalue weighted by molar-refractivity contribution is -0.123. The Morgan fingerprint density at radius 2 is 2.03 bits per heavy atom. The van der Waals surface area contributed by atoms with E-state index in [1.54, 1.807) is 19.1 Å². The van der Waals surface area contributed by atoms with Crippen molar-refractivity contribution in [1.29, 1.82) is 0 Å². The number of ketones is 2. The van der Waals surface area contributed by atoms with E-state index in [1.807, 2.05) is 0 Å². The third-order valence-corrected chi connectivity index (χ3v) is 7.01. The highest BCUT2D eigenvalue weighted by atomic mass is 16.6. The van der Waals surface area contributed by atoms with Crippen molar-refractivity contribution >= 4 is 17.5 Å². The number of phenols is 1. The lowest BCUT2D eigenvalue weighted by Crippen LogP contribution is -2.43. The minimum atomic E-state index is -1.35. The fourth-order valence-electron chi connectivity index (χ4n) is 5.62. The third-order valence-electron chi connectivity index (χ3n) is 7.01. The molecule has 1 fully saturated rings. The van der Waals surface area contributed by atoms with Crippen molar-refractivity contribution in [3.63, 3.8) is 0 Å². The first-order valence-electron chi connectivity index (χ1n) is 10.3. The van der Waals surface area contributed by atoms with Crippen LogP contribution in [0.15, 0.2) is 45.4 Å². The molecule has 1 aromatic carbocycles. The first kappa shape index (κ1) is 18.9. The lowest BCUT2D eigenvalue weighted by Gasteiger charge is -2.36. The average molecular weight is 434 g/mol. The minimum Gasteiger partial charge on any atom is -0.507 e. The van der Waals surface area contributed by atoms with Gasteiger partial charge >= 0.3 is 0 Å². The van der Waals surface area contributed by atoms with Gasteiger partial charge in [-0.2, -0.15) is 0 Å². The van der Waals surface area contributed by atoms with Crippen molar-refractivity contribution in [3.8, 4) is 17.1 Å². The average Bonchev–Trinajstić information content (AvgIpc) is 3.34. The van der Waals surface area contributed by atoms with Crippen molar-refractivity contribution in [3.05, 3.63) is 57.7 Å². The van der Waals surface area contributed by atoms with E-state index < -0.39 is 40.3 Å². The number of hydrogen-bond acceptors (Lipinski definition) is 8. The molecule has 3 atom stereocenters. The van der Waals surface area contributed by atoms with Crippen LogP contribution in [0.3, 0.4) is 0 Å². The molecule has 2 heterocycles. The lowest BCUT2D eigenvalue weighted by atomic mass is 9.63. The molecule has 0 saturated carbocycles. The van der Waals surface area contributed by atoms with Crippen molar-refractivity contribution in [1.82, 2.24) is 5.16 Å². The number of phenolic OH excluding ortho intramolecular Hbond substituents is 1. The Kier molecular flexibility index (Phi) is 3.46. The molecule has 0 radical (unpaired) electrons. The molecule has 1 aromatic heterocycles. The molecule has 1 aliphatic heterocycles. The van der Waals surface area contributed by atoms with E-state index in [2.05, 4.69) is 5.16 Å². The van der Waals surface area contributed by atoms with Gasteiger partial charge in [0.2, 0.25) is 5.60 Å². The minimum absolute atomic E-state index is 0.00907. The number of nitrogens with zero attached hydrogens (tertiary/aromatic N) is 1. The number of aromatic nitrogens is 1. The second-order valence-electron chi connectivity index (χ2n) is 8.78. The molecule has 4 aliphatic rings. The number of epoxide rings is 1. The smallest absolute Gasteiger partial charge is 0.255 e. The second kappa shape index (κ2) is 5.87. The molecule has 1 amide bonds. The fraction of sp³-hybridized carbons (Fsp3) is 0.304. The number of rotatable bonds is 2. The number of nitrogens with two attached hydrogens (primary N) is 1. The SMILES string of the molecule is Cc1cc(-c2ccc(O)c3c2CC2C[C@H]4CC(=O)C(C(N)=O)=C(O)[C@]45OC5=C2C3=O)on1. The van der Waals surface area contributed by atoms with Crippen LogP contribution in [0.4, 0.5) is 0 Å². The van der Waals surface area contributed by atoms with Gasteiger partial charge in [0.15, 0.2) is 28.8 Å². The molecule has 1 saturated heterocycles. The number of allylic oxidation sites excluding steroid dienone is 1. The molecule has 32 heavy (non-hydrogen) atoms. The Bertz CT molecular complexity index is 1350. The zero-order valence-electron chi connectivity index (χ0n) is 17.0. The maximum Gasteiger partial charge on any atom is 0.255 e. The number of fused-ring (bicyclic) bond motifs is 2. The van der Waals surface area contributed by atoms with Crippen molar-refractivity contribution in [2.45, 2.75) is 31.8 Å². The zero-order chi connectivity index (χ0) is 22.5. The highest BCUT2D eigenvalue weighted by Gasteiger charge is 2.71.